The van der Waals surface area contributed by atoms with Gasteiger partial charge >= 0.3 is 6.09 Å². The highest BCUT2D eigenvalue weighted by molar-refractivity contribution is 7.13. The van der Waals surface area contributed by atoms with Gasteiger partial charge < -0.3 is 9.84 Å². The van der Waals surface area contributed by atoms with Crippen molar-refractivity contribution in [3.8, 4) is 0 Å². The van der Waals surface area contributed by atoms with E-state index in [1.807, 2.05) is 0 Å². The first-order chi connectivity index (χ1) is 7.90. The Labute approximate surface area is 106 Å². The third kappa shape index (κ3) is 5.29. The summed E-state index contributed by atoms with van der Waals surface area (Å²) < 4.78 is 5.40. The lowest BCUT2D eigenvalue weighted by Gasteiger charge is -2.19. The summed E-state index contributed by atoms with van der Waals surface area (Å²) in [6.45, 7) is 7.42. The molecule has 0 bridgehead atoms. The molecule has 0 fully saturated rings. The molecule has 7 heteroatoms. The second-order valence-electron chi connectivity index (χ2n) is 4.87. The van der Waals surface area contributed by atoms with Crippen molar-refractivity contribution >= 4 is 30.6 Å². The molecule has 0 atom stereocenters. The van der Waals surface area contributed by atoms with Crippen molar-refractivity contribution in [2.45, 2.75) is 25.7 Å². The van der Waals surface area contributed by atoms with Crippen molar-refractivity contribution in [1.29, 1.82) is 0 Å². The number of ether oxygens (including phenoxy) is 1. The van der Waals surface area contributed by atoms with Gasteiger partial charge in [0, 0.05) is 26.3 Å². The molecule has 5 nitrogen and oxygen atoms in total. The molecule has 0 unspecified atom stereocenters. The maximum atomic E-state index is 11.0. The Balaban J connectivity index is 2.39. The number of hydrogen-bond acceptors (Lipinski definition) is 4. The van der Waals surface area contributed by atoms with E-state index in [0.29, 0.717) is 11.7 Å². The molecule has 1 amide bonds. The first-order valence-electron chi connectivity index (χ1n) is 5.38. The van der Waals surface area contributed by atoms with E-state index in [0.717, 1.165) is 10.9 Å². The Kier molecular flexibility index (Phi) is 5.10. The zero-order valence-corrected chi connectivity index (χ0v) is 12.2. The number of aromatic nitrogens is 1. The minimum atomic E-state index is -1.13. The van der Waals surface area contributed by atoms with Crippen molar-refractivity contribution in [2.75, 3.05) is 18.2 Å². The summed E-state index contributed by atoms with van der Waals surface area (Å²) >= 11 is 1.29. The molecule has 0 aliphatic heterocycles. The number of hydrogen-bond donors (Lipinski definition) is 1. The van der Waals surface area contributed by atoms with Gasteiger partial charge in [0.15, 0.2) is 5.13 Å². The second-order valence-corrected chi connectivity index (χ2v) is 11.4. The molecule has 1 aromatic rings. The van der Waals surface area contributed by atoms with Gasteiger partial charge in [0.1, 0.15) is 6.73 Å². The van der Waals surface area contributed by atoms with Crippen LogP contribution in [0.4, 0.5) is 9.93 Å². The van der Waals surface area contributed by atoms with Crippen molar-refractivity contribution in [1.82, 2.24) is 4.98 Å². The standard InChI is InChI=1S/C10H18N2O3SSi/c1-17(2,3)7-5-15-8-12(10(13)14)9-11-4-6-16-9/h4,6H,5,7-8H2,1-3H3,(H,13,14). The first-order valence-corrected chi connectivity index (χ1v) is 9.96. The third-order valence-electron chi connectivity index (χ3n) is 2.10. The summed E-state index contributed by atoms with van der Waals surface area (Å²) in [7, 11) is -1.13. The number of carbonyl (C=O) groups is 1. The molecule has 1 aromatic heterocycles. The zero-order chi connectivity index (χ0) is 12.9. The summed E-state index contributed by atoms with van der Waals surface area (Å²) in [5.41, 5.74) is 0. The van der Waals surface area contributed by atoms with Gasteiger partial charge in [-0.2, -0.15) is 0 Å². The maximum absolute atomic E-state index is 11.0. The summed E-state index contributed by atoms with van der Waals surface area (Å²) in [6, 6.07) is 1.03. The van der Waals surface area contributed by atoms with Crippen LogP contribution in [0, 0.1) is 0 Å². The van der Waals surface area contributed by atoms with Crippen molar-refractivity contribution in [2.24, 2.45) is 0 Å². The van der Waals surface area contributed by atoms with Crippen LogP contribution in [0.25, 0.3) is 0 Å². The summed E-state index contributed by atoms with van der Waals surface area (Å²) in [5, 5.41) is 11.2. The molecule has 0 radical (unpaired) electrons. The SMILES string of the molecule is C[Si](C)(C)CCOCN(C(=O)O)c1nccs1. The normalized spacial score (nSPS) is 11.5. The van der Waals surface area contributed by atoms with Crippen molar-refractivity contribution in [3.63, 3.8) is 0 Å². The van der Waals surface area contributed by atoms with Gasteiger partial charge in [0.25, 0.3) is 0 Å². The highest BCUT2D eigenvalue weighted by Crippen LogP contribution is 2.17. The van der Waals surface area contributed by atoms with E-state index in [1.54, 1.807) is 11.6 Å². The van der Waals surface area contributed by atoms with Gasteiger partial charge in [-0.15, -0.1) is 11.3 Å². The van der Waals surface area contributed by atoms with E-state index in [9.17, 15) is 4.79 Å². The van der Waals surface area contributed by atoms with Crippen molar-refractivity contribution in [3.05, 3.63) is 11.6 Å². The molecule has 96 valence electrons. The molecule has 1 heterocycles. The average molecular weight is 274 g/mol. The highest BCUT2D eigenvalue weighted by atomic mass is 32.1. The van der Waals surface area contributed by atoms with Crippen LogP contribution >= 0.6 is 11.3 Å². The summed E-state index contributed by atoms with van der Waals surface area (Å²) in [6.07, 6.45) is 0.547. The topological polar surface area (TPSA) is 62.7 Å². The smallest absolute Gasteiger partial charge is 0.415 e. The van der Waals surface area contributed by atoms with Gasteiger partial charge in [-0.1, -0.05) is 19.6 Å². The summed E-state index contributed by atoms with van der Waals surface area (Å²) in [4.78, 5) is 16.1. The largest absolute Gasteiger partial charge is 0.465 e. The number of anilines is 1. The van der Waals surface area contributed by atoms with Gasteiger partial charge in [-0.05, 0) is 6.04 Å². The number of carboxylic acid groups (broad SMARTS) is 1. The fraction of sp³-hybridized carbons (Fsp3) is 0.600. The first kappa shape index (κ1) is 14.1. The van der Waals surface area contributed by atoms with Crippen LogP contribution in [0.15, 0.2) is 11.6 Å². The van der Waals surface area contributed by atoms with Crippen LogP contribution < -0.4 is 4.90 Å². The number of rotatable bonds is 6. The Hall–Kier alpha value is -0.923. The molecule has 0 aliphatic rings. The van der Waals surface area contributed by atoms with Crippen LogP contribution in [-0.2, 0) is 4.74 Å². The van der Waals surface area contributed by atoms with Crippen LogP contribution in [0.5, 0.6) is 0 Å². The Morgan fingerprint density at radius 3 is 2.76 bits per heavy atom. The molecule has 1 N–H and O–H groups in total. The molecule has 0 aliphatic carbocycles. The highest BCUT2D eigenvalue weighted by Gasteiger charge is 2.17. The molecule has 1 rings (SSSR count). The van der Waals surface area contributed by atoms with Crippen LogP contribution in [-0.4, -0.2) is 37.6 Å². The fourth-order valence-electron chi connectivity index (χ4n) is 1.08. The van der Waals surface area contributed by atoms with E-state index in [2.05, 4.69) is 24.6 Å². The molecular formula is C10H18N2O3SSi. The van der Waals surface area contributed by atoms with E-state index < -0.39 is 14.2 Å². The quantitative estimate of drug-likeness (QED) is 0.492. The summed E-state index contributed by atoms with van der Waals surface area (Å²) in [5.74, 6) is 0. The lowest BCUT2D eigenvalue weighted by atomic mass is 10.8. The van der Waals surface area contributed by atoms with Crippen LogP contribution in [0.2, 0.25) is 25.7 Å². The van der Waals surface area contributed by atoms with E-state index in [-0.39, 0.29) is 6.73 Å². The zero-order valence-electron chi connectivity index (χ0n) is 10.3. The van der Waals surface area contributed by atoms with Gasteiger partial charge in [0.05, 0.1) is 0 Å². The Morgan fingerprint density at radius 1 is 1.59 bits per heavy atom. The maximum Gasteiger partial charge on any atom is 0.415 e. The molecular weight excluding hydrogens is 256 g/mol. The van der Waals surface area contributed by atoms with Crippen LogP contribution in [0.1, 0.15) is 0 Å². The Bertz CT molecular complexity index is 351. The molecule has 0 aromatic carbocycles. The Morgan fingerprint density at radius 2 is 2.29 bits per heavy atom. The molecule has 0 saturated carbocycles. The minimum Gasteiger partial charge on any atom is -0.465 e. The molecule has 0 spiro atoms. The van der Waals surface area contributed by atoms with E-state index in [1.165, 1.54) is 11.3 Å². The third-order valence-corrected chi connectivity index (χ3v) is 4.60. The van der Waals surface area contributed by atoms with Gasteiger partial charge in [-0.25, -0.2) is 14.7 Å². The van der Waals surface area contributed by atoms with Gasteiger partial charge in [0.2, 0.25) is 0 Å². The van der Waals surface area contributed by atoms with E-state index in [4.69, 9.17) is 9.84 Å². The van der Waals surface area contributed by atoms with Crippen LogP contribution in [0.3, 0.4) is 0 Å². The number of amides is 1. The minimum absolute atomic E-state index is 0.0489. The number of nitrogens with zero attached hydrogens (tertiary/aromatic N) is 2. The fourth-order valence-corrected chi connectivity index (χ4v) is 2.46. The lowest BCUT2D eigenvalue weighted by Crippen LogP contribution is -2.32. The predicted octanol–water partition coefficient (Wildman–Crippen LogP) is 2.94. The molecule has 0 saturated heterocycles. The monoisotopic (exact) mass is 274 g/mol. The predicted molar refractivity (Wildman–Crippen MR) is 71.6 cm³/mol. The molecule has 17 heavy (non-hydrogen) atoms. The van der Waals surface area contributed by atoms with E-state index >= 15 is 0 Å². The van der Waals surface area contributed by atoms with Crippen molar-refractivity contribution < 1.29 is 14.6 Å². The number of thiazole rings is 1. The second kappa shape index (κ2) is 6.13. The average Bonchev–Trinajstić information content (AvgIpc) is 2.68. The van der Waals surface area contributed by atoms with Gasteiger partial charge in [-0.3, -0.25) is 0 Å². The lowest BCUT2D eigenvalue weighted by molar-refractivity contribution is 0.137.